The predicted octanol–water partition coefficient (Wildman–Crippen LogP) is 11.2. The van der Waals surface area contributed by atoms with Gasteiger partial charge in [-0.05, 0) is 122 Å². The molecule has 49 heavy (non-hydrogen) atoms. The van der Waals surface area contributed by atoms with Crippen LogP contribution in [0.1, 0.15) is 113 Å². The minimum absolute atomic E-state index is 0.0377. The molecule has 3 saturated carbocycles. The van der Waals surface area contributed by atoms with Gasteiger partial charge >= 0.3 is 6.18 Å². The summed E-state index contributed by atoms with van der Waals surface area (Å²) in [7, 11) is -4.02. The summed E-state index contributed by atoms with van der Waals surface area (Å²) in [5.74, 6) is 1.45. The Labute approximate surface area is 299 Å². The first-order valence-electron chi connectivity index (χ1n) is 19.2. The molecular formula is C40H70F3NO3Si2. The van der Waals surface area contributed by atoms with Gasteiger partial charge in [0.15, 0.2) is 22.2 Å². The molecule has 0 amide bonds. The Kier molecular flexibility index (Phi) is 11.9. The summed E-state index contributed by atoms with van der Waals surface area (Å²) in [6, 6.07) is 0. The van der Waals surface area contributed by atoms with Gasteiger partial charge in [0.05, 0.1) is 12.2 Å². The van der Waals surface area contributed by atoms with E-state index < -0.39 is 28.4 Å². The minimum atomic E-state index is -4.56. The molecule has 0 bridgehead atoms. The van der Waals surface area contributed by atoms with Crippen LogP contribution in [-0.2, 0) is 8.85 Å². The lowest BCUT2D eigenvalue weighted by Crippen LogP contribution is -2.54. The van der Waals surface area contributed by atoms with Gasteiger partial charge in [0.2, 0.25) is 0 Å². The molecule has 0 aromatic carbocycles. The highest BCUT2D eigenvalue weighted by atomic mass is 28.4. The quantitative estimate of drug-likeness (QED) is 0.253. The van der Waals surface area contributed by atoms with Gasteiger partial charge in [-0.3, -0.25) is 0 Å². The van der Waals surface area contributed by atoms with Crippen LogP contribution in [0.4, 0.5) is 13.2 Å². The van der Waals surface area contributed by atoms with Crippen molar-refractivity contribution in [3.05, 3.63) is 35.5 Å². The van der Waals surface area contributed by atoms with E-state index >= 15 is 0 Å². The maximum absolute atomic E-state index is 13.4. The third kappa shape index (κ3) is 8.75. The number of allylic oxidation sites excluding steroid dienone is 3. The maximum atomic E-state index is 13.4. The van der Waals surface area contributed by atoms with E-state index in [0.29, 0.717) is 30.8 Å². The predicted molar refractivity (Wildman–Crippen MR) is 203 cm³/mol. The van der Waals surface area contributed by atoms with Crippen molar-refractivity contribution < 1.29 is 27.1 Å². The van der Waals surface area contributed by atoms with E-state index in [2.05, 4.69) is 105 Å². The zero-order chi connectivity index (χ0) is 37.0. The van der Waals surface area contributed by atoms with Gasteiger partial charge in [0.1, 0.15) is 0 Å². The van der Waals surface area contributed by atoms with Crippen molar-refractivity contribution in [2.24, 2.45) is 23.2 Å². The van der Waals surface area contributed by atoms with Crippen LogP contribution in [-0.4, -0.2) is 70.3 Å². The highest BCUT2D eigenvalue weighted by Gasteiger charge is 2.55. The standard InChI is InChI=1S/C40H70F3NO3Si2/c1-28(27-44-23-21-39(45,22-24-44)40(41,42)43)33-18-19-34-30(15-14-20-38(33,34)9)16-17-31-25-32(46-48(10,11)36(3,4)5)26-35(29(31)2)47-49(12,13)37(6,7)8/h16-17,28,32-35,45H,2,14-15,18-27H2,1,3-13H3/b30-16+,31-17-/t28-,32?,33-,34+,35?,38-/m1/s1. The number of rotatable bonds is 8. The fourth-order valence-electron chi connectivity index (χ4n) is 8.90. The summed E-state index contributed by atoms with van der Waals surface area (Å²) in [6.45, 7) is 34.0. The summed E-state index contributed by atoms with van der Waals surface area (Å²) in [5, 5.41) is 10.4. The minimum Gasteiger partial charge on any atom is -0.413 e. The van der Waals surface area contributed by atoms with E-state index in [1.807, 2.05) is 0 Å². The molecular weight excluding hydrogens is 656 g/mol. The third-order valence-electron chi connectivity index (χ3n) is 14.2. The molecule has 2 unspecified atom stereocenters. The van der Waals surface area contributed by atoms with Crippen molar-refractivity contribution in [1.82, 2.24) is 4.90 Å². The first-order chi connectivity index (χ1) is 22.2. The summed E-state index contributed by atoms with van der Waals surface area (Å²) in [4.78, 5) is 2.16. The van der Waals surface area contributed by atoms with Crippen LogP contribution in [0.2, 0.25) is 36.3 Å². The number of likely N-dealkylation sites (tertiary alicyclic amines) is 1. The second-order valence-electron chi connectivity index (χ2n) is 19.7. The molecule has 1 N–H and O–H groups in total. The number of piperidine rings is 1. The lowest BCUT2D eigenvalue weighted by Gasteiger charge is -2.46. The van der Waals surface area contributed by atoms with Crippen LogP contribution < -0.4 is 0 Å². The summed E-state index contributed by atoms with van der Waals surface area (Å²) in [5.41, 5.74) is 1.59. The van der Waals surface area contributed by atoms with Crippen molar-refractivity contribution >= 4 is 16.6 Å². The van der Waals surface area contributed by atoms with Crippen LogP contribution in [0.5, 0.6) is 0 Å². The molecule has 4 rings (SSSR count). The van der Waals surface area contributed by atoms with Gasteiger partial charge < -0.3 is 18.9 Å². The van der Waals surface area contributed by atoms with Crippen molar-refractivity contribution in [1.29, 1.82) is 0 Å². The molecule has 1 heterocycles. The van der Waals surface area contributed by atoms with E-state index in [0.717, 1.165) is 37.8 Å². The first kappa shape index (κ1) is 41.0. The molecule has 0 aromatic rings. The Balaban J connectivity index is 1.52. The normalized spacial score (nSPS) is 33.3. The van der Waals surface area contributed by atoms with E-state index in [1.54, 1.807) is 5.57 Å². The average Bonchev–Trinajstić information content (AvgIpc) is 3.30. The van der Waals surface area contributed by atoms with Crippen LogP contribution in [0, 0.1) is 23.2 Å². The second-order valence-corrected chi connectivity index (χ2v) is 29.2. The van der Waals surface area contributed by atoms with E-state index in [1.165, 1.54) is 24.8 Å². The van der Waals surface area contributed by atoms with Gasteiger partial charge in [0.25, 0.3) is 0 Å². The number of nitrogens with zero attached hydrogens (tertiary/aromatic N) is 1. The smallest absolute Gasteiger partial charge is 0.413 e. The summed E-state index contributed by atoms with van der Waals surface area (Å²) >= 11 is 0. The van der Waals surface area contributed by atoms with Crippen LogP contribution in [0.3, 0.4) is 0 Å². The number of hydrogen-bond donors (Lipinski definition) is 1. The van der Waals surface area contributed by atoms with Crippen LogP contribution >= 0.6 is 0 Å². The SMILES string of the molecule is C=C1/C(=C\C=C2/CCC[C@]3(C)[C@@H]([C@H](C)CN4CCC(O)(C(F)(F)F)CC4)CC[C@@H]23)CC(O[Si](C)(C)C(C)(C)C)CC1O[Si](C)(C)C(C)(C)C. The van der Waals surface area contributed by atoms with Crippen molar-refractivity contribution in [2.45, 2.75) is 173 Å². The Morgan fingerprint density at radius 1 is 0.939 bits per heavy atom. The molecule has 6 atom stereocenters. The van der Waals surface area contributed by atoms with Crippen molar-refractivity contribution in [3.8, 4) is 0 Å². The van der Waals surface area contributed by atoms with Gasteiger partial charge in [-0.2, -0.15) is 13.2 Å². The van der Waals surface area contributed by atoms with Gasteiger partial charge in [-0.1, -0.05) is 79.7 Å². The molecule has 4 nitrogen and oxygen atoms in total. The molecule has 0 radical (unpaired) electrons. The van der Waals surface area contributed by atoms with E-state index in [9.17, 15) is 18.3 Å². The summed E-state index contributed by atoms with van der Waals surface area (Å²) < 4.78 is 54.3. The molecule has 0 aromatic heterocycles. The topological polar surface area (TPSA) is 41.9 Å². The van der Waals surface area contributed by atoms with Crippen molar-refractivity contribution in [3.63, 3.8) is 0 Å². The Morgan fingerprint density at radius 3 is 2.06 bits per heavy atom. The Hall–Kier alpha value is -0.716. The van der Waals surface area contributed by atoms with Crippen molar-refractivity contribution in [2.75, 3.05) is 19.6 Å². The Bertz CT molecular complexity index is 1250. The molecule has 4 aliphatic rings. The molecule has 9 heteroatoms. The highest BCUT2D eigenvalue weighted by Crippen LogP contribution is 2.59. The monoisotopic (exact) mass is 725 g/mol. The zero-order valence-corrected chi connectivity index (χ0v) is 35.1. The molecule has 1 aliphatic heterocycles. The van der Waals surface area contributed by atoms with E-state index in [4.69, 9.17) is 8.85 Å². The fourth-order valence-corrected chi connectivity index (χ4v) is 11.6. The van der Waals surface area contributed by atoms with Crippen LogP contribution in [0.25, 0.3) is 0 Å². The molecule has 282 valence electrons. The number of halogens is 3. The van der Waals surface area contributed by atoms with E-state index in [-0.39, 0.29) is 40.5 Å². The van der Waals surface area contributed by atoms with Gasteiger partial charge in [-0.15, -0.1) is 0 Å². The number of alkyl halides is 3. The molecule has 1 saturated heterocycles. The lowest BCUT2D eigenvalue weighted by molar-refractivity contribution is -0.272. The third-order valence-corrected chi connectivity index (χ3v) is 23.2. The highest BCUT2D eigenvalue weighted by molar-refractivity contribution is 6.74. The lowest BCUT2D eigenvalue weighted by atomic mass is 9.61. The maximum Gasteiger partial charge on any atom is 0.417 e. The average molecular weight is 726 g/mol. The summed E-state index contributed by atoms with van der Waals surface area (Å²) in [6.07, 6.45) is 7.39. The van der Waals surface area contributed by atoms with Gasteiger partial charge in [-0.25, -0.2) is 0 Å². The first-order valence-corrected chi connectivity index (χ1v) is 25.0. The number of aliphatic hydroxyl groups is 1. The zero-order valence-electron chi connectivity index (χ0n) is 33.1. The Morgan fingerprint density at radius 2 is 1.51 bits per heavy atom. The fraction of sp³-hybridized carbons (Fsp3) is 0.850. The van der Waals surface area contributed by atoms with Crippen LogP contribution in [0.15, 0.2) is 35.5 Å². The second kappa shape index (κ2) is 14.3. The molecule has 3 aliphatic carbocycles. The molecule has 4 fully saturated rings. The van der Waals surface area contributed by atoms with Gasteiger partial charge in [0, 0.05) is 26.1 Å². The number of fused-ring (bicyclic) bond motifs is 1. The number of hydrogen-bond acceptors (Lipinski definition) is 4. The largest absolute Gasteiger partial charge is 0.417 e. The molecule has 0 spiro atoms.